The number of hydrogen-bond acceptors (Lipinski definition) is 5. The molecule has 0 saturated carbocycles. The minimum atomic E-state index is -0.451. The van der Waals surface area contributed by atoms with Gasteiger partial charge in [-0.1, -0.05) is 12.1 Å². The Hall–Kier alpha value is -2.82. The van der Waals surface area contributed by atoms with Crippen LogP contribution in [0.4, 0.5) is 0 Å². The molecule has 5 nitrogen and oxygen atoms in total. The van der Waals surface area contributed by atoms with E-state index >= 15 is 0 Å². The van der Waals surface area contributed by atoms with Gasteiger partial charge in [0.05, 0.1) is 30.9 Å². The van der Waals surface area contributed by atoms with Crippen LogP contribution in [-0.2, 0) is 0 Å². The number of fused-ring (bicyclic) bond motifs is 2. The molecule has 0 bridgehead atoms. The number of ketones is 2. The summed E-state index contributed by atoms with van der Waals surface area (Å²) in [7, 11) is 2.83. The first-order chi connectivity index (χ1) is 10.1. The van der Waals surface area contributed by atoms with E-state index in [0.717, 1.165) is 0 Å². The van der Waals surface area contributed by atoms with E-state index in [1.807, 2.05) is 0 Å². The summed E-state index contributed by atoms with van der Waals surface area (Å²) in [5, 5.41) is 9.98. The van der Waals surface area contributed by atoms with Gasteiger partial charge in [0.2, 0.25) is 5.78 Å². The lowest BCUT2D eigenvalue weighted by Gasteiger charge is -2.21. The summed E-state index contributed by atoms with van der Waals surface area (Å²) >= 11 is 0. The Balaban J connectivity index is 2.38. The van der Waals surface area contributed by atoms with Gasteiger partial charge in [-0.15, -0.1) is 0 Å². The first-order valence-corrected chi connectivity index (χ1v) is 6.26. The maximum absolute atomic E-state index is 12.7. The van der Waals surface area contributed by atoms with Gasteiger partial charge in [-0.2, -0.15) is 0 Å². The number of ether oxygens (including phenoxy) is 2. The highest BCUT2D eigenvalue weighted by Gasteiger charge is 2.36. The van der Waals surface area contributed by atoms with E-state index in [2.05, 4.69) is 0 Å². The molecule has 21 heavy (non-hydrogen) atoms. The highest BCUT2D eigenvalue weighted by atomic mass is 16.5. The van der Waals surface area contributed by atoms with Gasteiger partial charge < -0.3 is 14.6 Å². The number of aromatic hydroxyl groups is 1. The van der Waals surface area contributed by atoms with Gasteiger partial charge in [0, 0.05) is 5.56 Å². The monoisotopic (exact) mass is 284 g/mol. The lowest BCUT2D eigenvalue weighted by atomic mass is 9.82. The molecule has 0 heterocycles. The summed E-state index contributed by atoms with van der Waals surface area (Å²) in [4.78, 5) is 25.3. The molecule has 0 saturated heterocycles. The summed E-state index contributed by atoms with van der Waals surface area (Å²) in [6.07, 6.45) is 0. The molecule has 3 rings (SSSR count). The van der Waals surface area contributed by atoms with E-state index in [1.54, 1.807) is 18.2 Å². The number of benzene rings is 2. The molecule has 0 aliphatic heterocycles. The van der Waals surface area contributed by atoms with Crippen molar-refractivity contribution in [3.05, 3.63) is 52.6 Å². The molecule has 0 spiro atoms. The van der Waals surface area contributed by atoms with Crippen molar-refractivity contribution in [2.24, 2.45) is 0 Å². The third-order valence-corrected chi connectivity index (χ3v) is 3.54. The molecule has 0 amide bonds. The topological polar surface area (TPSA) is 72.8 Å². The number of methoxy groups -OCH3 is 2. The van der Waals surface area contributed by atoms with Gasteiger partial charge >= 0.3 is 0 Å². The summed E-state index contributed by atoms with van der Waals surface area (Å²) in [5.74, 6) is -0.506. The zero-order valence-electron chi connectivity index (χ0n) is 11.5. The highest BCUT2D eigenvalue weighted by molar-refractivity contribution is 6.31. The Bertz CT molecular complexity index is 776. The van der Waals surface area contributed by atoms with Gasteiger partial charge in [-0.3, -0.25) is 9.59 Å². The number of phenols is 1. The Morgan fingerprint density at radius 3 is 2.14 bits per heavy atom. The minimum Gasteiger partial charge on any atom is -0.507 e. The third kappa shape index (κ3) is 1.71. The van der Waals surface area contributed by atoms with Crippen molar-refractivity contribution in [3.8, 4) is 17.2 Å². The van der Waals surface area contributed by atoms with Crippen LogP contribution in [0.3, 0.4) is 0 Å². The van der Waals surface area contributed by atoms with Crippen molar-refractivity contribution in [1.82, 2.24) is 0 Å². The second-order valence-corrected chi connectivity index (χ2v) is 4.58. The van der Waals surface area contributed by atoms with Crippen LogP contribution in [0.15, 0.2) is 30.3 Å². The van der Waals surface area contributed by atoms with Crippen molar-refractivity contribution in [3.63, 3.8) is 0 Å². The summed E-state index contributed by atoms with van der Waals surface area (Å²) in [5.41, 5.74) is 0.455. The van der Waals surface area contributed by atoms with E-state index in [1.165, 1.54) is 26.4 Å². The summed E-state index contributed by atoms with van der Waals surface area (Å²) in [6.45, 7) is 0. The quantitative estimate of drug-likeness (QED) is 0.781. The molecule has 0 aromatic heterocycles. The maximum Gasteiger partial charge on any atom is 0.202 e. The number of carbonyl (C=O) groups is 2. The van der Waals surface area contributed by atoms with Gasteiger partial charge in [-0.25, -0.2) is 0 Å². The highest BCUT2D eigenvalue weighted by Crippen LogP contribution is 2.40. The molecular formula is C16H12O5. The van der Waals surface area contributed by atoms with Crippen LogP contribution in [0.5, 0.6) is 17.2 Å². The fraction of sp³-hybridized carbons (Fsp3) is 0.125. The van der Waals surface area contributed by atoms with Gasteiger partial charge in [0.1, 0.15) is 17.2 Å². The Morgan fingerprint density at radius 1 is 0.810 bits per heavy atom. The number of carbonyl (C=O) groups excluding carboxylic acids is 2. The molecule has 106 valence electrons. The Labute approximate surface area is 120 Å². The van der Waals surface area contributed by atoms with Crippen LogP contribution in [-0.4, -0.2) is 30.9 Å². The standard InChI is InChI=1S/C16H12O5/c1-20-10-5-3-4-8-12(10)16(19)13-9(17)6-7-11(21-2)14(13)15(8)18/h3-7,17H,1-2H3. The van der Waals surface area contributed by atoms with E-state index in [-0.39, 0.29) is 39.5 Å². The Morgan fingerprint density at radius 2 is 1.48 bits per heavy atom. The number of rotatable bonds is 2. The lowest BCUT2D eigenvalue weighted by molar-refractivity contribution is 0.0971. The smallest absolute Gasteiger partial charge is 0.202 e. The normalized spacial score (nSPS) is 12.7. The van der Waals surface area contributed by atoms with Crippen LogP contribution in [0, 0.1) is 0 Å². The molecule has 0 atom stereocenters. The predicted octanol–water partition coefficient (Wildman–Crippen LogP) is 2.18. The van der Waals surface area contributed by atoms with Crippen LogP contribution in [0.1, 0.15) is 31.8 Å². The first-order valence-electron chi connectivity index (χ1n) is 6.26. The minimum absolute atomic E-state index is 0.0450. The fourth-order valence-corrected chi connectivity index (χ4v) is 2.58. The third-order valence-electron chi connectivity index (χ3n) is 3.54. The van der Waals surface area contributed by atoms with Gasteiger partial charge in [-0.05, 0) is 18.2 Å². The van der Waals surface area contributed by atoms with Crippen LogP contribution < -0.4 is 9.47 Å². The molecule has 1 aliphatic carbocycles. The van der Waals surface area contributed by atoms with Crippen molar-refractivity contribution < 1.29 is 24.2 Å². The molecule has 0 unspecified atom stereocenters. The maximum atomic E-state index is 12.7. The average molecular weight is 284 g/mol. The molecule has 2 aromatic carbocycles. The zero-order valence-corrected chi connectivity index (χ0v) is 11.5. The van der Waals surface area contributed by atoms with Crippen molar-refractivity contribution in [2.75, 3.05) is 14.2 Å². The molecule has 1 aliphatic rings. The van der Waals surface area contributed by atoms with Crippen LogP contribution in [0.25, 0.3) is 0 Å². The lowest BCUT2D eigenvalue weighted by Crippen LogP contribution is -2.22. The van der Waals surface area contributed by atoms with Crippen LogP contribution >= 0.6 is 0 Å². The number of phenolic OH excluding ortho intramolecular Hbond substituents is 1. The largest absolute Gasteiger partial charge is 0.507 e. The SMILES string of the molecule is COc1cccc2c1C(=O)c1c(O)ccc(OC)c1C2=O. The molecule has 2 aromatic rings. The second-order valence-electron chi connectivity index (χ2n) is 4.58. The average Bonchev–Trinajstić information content (AvgIpc) is 2.51. The van der Waals surface area contributed by atoms with Crippen molar-refractivity contribution >= 4 is 11.6 Å². The predicted molar refractivity (Wildman–Crippen MR) is 74.5 cm³/mol. The fourth-order valence-electron chi connectivity index (χ4n) is 2.58. The first kappa shape index (κ1) is 13.2. The molecule has 0 radical (unpaired) electrons. The second kappa shape index (κ2) is 4.63. The molecule has 1 N–H and O–H groups in total. The van der Waals surface area contributed by atoms with Gasteiger partial charge in [0.25, 0.3) is 0 Å². The molecule has 5 heteroatoms. The Kier molecular flexibility index (Phi) is 2.90. The van der Waals surface area contributed by atoms with E-state index in [9.17, 15) is 14.7 Å². The van der Waals surface area contributed by atoms with E-state index in [0.29, 0.717) is 5.75 Å². The van der Waals surface area contributed by atoms with Gasteiger partial charge in [0.15, 0.2) is 5.78 Å². The summed E-state index contributed by atoms with van der Waals surface area (Å²) < 4.78 is 10.3. The molecule has 0 fully saturated rings. The molecular weight excluding hydrogens is 272 g/mol. The van der Waals surface area contributed by atoms with E-state index in [4.69, 9.17) is 9.47 Å². The summed E-state index contributed by atoms with van der Waals surface area (Å²) in [6, 6.07) is 7.60. The van der Waals surface area contributed by atoms with Crippen LogP contribution in [0.2, 0.25) is 0 Å². The van der Waals surface area contributed by atoms with E-state index < -0.39 is 5.78 Å². The number of hydrogen-bond donors (Lipinski definition) is 1. The zero-order chi connectivity index (χ0) is 15.1. The van der Waals surface area contributed by atoms with Crippen molar-refractivity contribution in [1.29, 1.82) is 0 Å². The van der Waals surface area contributed by atoms with Crippen molar-refractivity contribution in [2.45, 2.75) is 0 Å².